The van der Waals surface area contributed by atoms with Crippen molar-refractivity contribution in [2.45, 2.75) is 6.17 Å². The van der Waals surface area contributed by atoms with Crippen LogP contribution in [0.25, 0.3) is 28.3 Å². The van der Waals surface area contributed by atoms with Gasteiger partial charge in [-0.2, -0.15) is 4.98 Å². The molecule has 9 heteroatoms. The van der Waals surface area contributed by atoms with Crippen LogP contribution in [0.2, 0.25) is 0 Å². The number of amides is 2. The molecule has 0 bridgehead atoms. The molecule has 1 aliphatic heterocycles. The number of hydrogen-bond acceptors (Lipinski definition) is 4. The lowest BCUT2D eigenvalue weighted by atomic mass is 10.1. The number of urea groups is 1. The molecule has 2 aromatic carbocycles. The third-order valence-electron chi connectivity index (χ3n) is 4.88. The zero-order valence-corrected chi connectivity index (χ0v) is 15.7. The molecule has 2 aromatic heterocycles. The smallest absolute Gasteiger partial charge is 0.319 e. The van der Waals surface area contributed by atoms with Crippen molar-refractivity contribution in [3.8, 4) is 22.5 Å². The number of halogens is 2. The summed E-state index contributed by atoms with van der Waals surface area (Å²) in [4.78, 5) is 22.0. The summed E-state index contributed by atoms with van der Waals surface area (Å²) in [5.41, 5.74) is 2.32. The summed E-state index contributed by atoms with van der Waals surface area (Å²) in [5.74, 6) is -0.0536. The molecular weight excluding hydrogens is 390 g/mol. The fraction of sp³-hybridized carbons (Fsp3) is 0.143. The number of fused-ring (bicyclic) bond motifs is 1. The Hall–Kier alpha value is -3.88. The highest BCUT2D eigenvalue weighted by Crippen LogP contribution is 2.25. The highest BCUT2D eigenvalue weighted by molar-refractivity contribution is 5.90. The molecule has 150 valence electrons. The average Bonchev–Trinajstić information content (AvgIpc) is 3.16. The van der Waals surface area contributed by atoms with E-state index in [-0.39, 0.29) is 24.5 Å². The van der Waals surface area contributed by atoms with E-state index in [1.54, 1.807) is 12.4 Å². The summed E-state index contributed by atoms with van der Waals surface area (Å²) < 4.78 is 28.9. The average molecular weight is 406 g/mol. The summed E-state index contributed by atoms with van der Waals surface area (Å²) in [5, 5.41) is 6.99. The molecule has 0 saturated carbocycles. The van der Waals surface area contributed by atoms with Crippen LogP contribution in [0.3, 0.4) is 0 Å². The molecule has 0 aliphatic carbocycles. The van der Waals surface area contributed by atoms with Crippen molar-refractivity contribution < 1.29 is 13.6 Å². The second kappa shape index (κ2) is 7.18. The number of aromatic nitrogens is 4. The molecule has 1 N–H and O–H groups in total. The standard InChI is InChI=1S/C21H16F2N6O/c22-15-11-28(12-15)21(30)25-16-6-7-18(23)17(8-16)19-26-20-24-9-14(10-29(20)27-19)13-4-2-1-3-5-13/h1-10,15H,11-12H2,(H,25,30). The minimum Gasteiger partial charge on any atom is -0.319 e. The number of nitrogens with zero attached hydrogens (tertiary/aromatic N) is 5. The number of carbonyl (C=O) groups excluding carboxylic acids is 1. The van der Waals surface area contributed by atoms with Crippen LogP contribution in [-0.2, 0) is 0 Å². The second-order valence-electron chi connectivity index (χ2n) is 7.02. The van der Waals surface area contributed by atoms with Crippen molar-refractivity contribution in [1.29, 1.82) is 0 Å². The molecular formula is C21H16F2N6O. The van der Waals surface area contributed by atoms with Crippen molar-refractivity contribution in [3.63, 3.8) is 0 Å². The fourth-order valence-corrected chi connectivity index (χ4v) is 3.24. The predicted octanol–water partition coefficient (Wildman–Crippen LogP) is 3.78. The molecule has 2 amide bonds. The Balaban J connectivity index is 1.45. The Morgan fingerprint density at radius 1 is 1.10 bits per heavy atom. The molecule has 3 heterocycles. The molecule has 1 saturated heterocycles. The minimum absolute atomic E-state index is 0.0588. The molecule has 4 aromatic rings. The monoisotopic (exact) mass is 406 g/mol. The van der Waals surface area contributed by atoms with Gasteiger partial charge in [0, 0.05) is 23.6 Å². The maximum atomic E-state index is 14.5. The van der Waals surface area contributed by atoms with Crippen molar-refractivity contribution in [1.82, 2.24) is 24.5 Å². The molecule has 5 rings (SSSR count). The molecule has 0 radical (unpaired) electrons. The Kier molecular flexibility index (Phi) is 4.35. The fourth-order valence-electron chi connectivity index (χ4n) is 3.24. The van der Waals surface area contributed by atoms with Crippen LogP contribution < -0.4 is 5.32 Å². The Bertz CT molecular complexity index is 1240. The SMILES string of the molecule is O=C(Nc1ccc(F)c(-c2nc3ncc(-c4ccccc4)cn3n2)c1)N1CC(F)C1. The van der Waals surface area contributed by atoms with Gasteiger partial charge in [-0.3, -0.25) is 0 Å². The number of hydrogen-bond donors (Lipinski definition) is 1. The lowest BCUT2D eigenvalue weighted by Crippen LogP contribution is -2.53. The van der Waals surface area contributed by atoms with Gasteiger partial charge in [0.2, 0.25) is 0 Å². The summed E-state index contributed by atoms with van der Waals surface area (Å²) in [6.07, 6.45) is 2.46. The second-order valence-corrected chi connectivity index (χ2v) is 7.02. The van der Waals surface area contributed by atoms with E-state index in [1.165, 1.54) is 27.6 Å². The normalized spacial score (nSPS) is 14.0. The third-order valence-corrected chi connectivity index (χ3v) is 4.88. The van der Waals surface area contributed by atoms with Crippen LogP contribution in [-0.4, -0.2) is 49.8 Å². The predicted molar refractivity (Wildman–Crippen MR) is 107 cm³/mol. The first kappa shape index (κ1) is 18.2. The van der Waals surface area contributed by atoms with Crippen LogP contribution in [0.5, 0.6) is 0 Å². The Labute approximate surface area is 170 Å². The summed E-state index contributed by atoms with van der Waals surface area (Å²) in [6, 6.07) is 13.4. The molecule has 1 aliphatic rings. The number of alkyl halides is 1. The van der Waals surface area contributed by atoms with Gasteiger partial charge in [0.05, 0.1) is 18.7 Å². The highest BCUT2D eigenvalue weighted by atomic mass is 19.1. The molecule has 7 nitrogen and oxygen atoms in total. The maximum Gasteiger partial charge on any atom is 0.322 e. The van der Waals surface area contributed by atoms with E-state index in [4.69, 9.17) is 0 Å². The summed E-state index contributed by atoms with van der Waals surface area (Å²) in [6.45, 7) is 0.118. The number of anilines is 1. The maximum absolute atomic E-state index is 14.5. The van der Waals surface area contributed by atoms with Gasteiger partial charge in [0.1, 0.15) is 12.0 Å². The molecule has 0 atom stereocenters. The highest BCUT2D eigenvalue weighted by Gasteiger charge is 2.30. The van der Waals surface area contributed by atoms with E-state index in [9.17, 15) is 13.6 Å². The number of benzene rings is 2. The van der Waals surface area contributed by atoms with Gasteiger partial charge in [0.25, 0.3) is 5.78 Å². The van der Waals surface area contributed by atoms with Gasteiger partial charge >= 0.3 is 6.03 Å². The van der Waals surface area contributed by atoms with E-state index in [2.05, 4.69) is 20.4 Å². The Morgan fingerprint density at radius 2 is 1.90 bits per heavy atom. The number of rotatable bonds is 3. The van der Waals surface area contributed by atoms with Crippen molar-refractivity contribution in [2.75, 3.05) is 18.4 Å². The zero-order valence-electron chi connectivity index (χ0n) is 15.7. The first-order chi connectivity index (χ1) is 14.6. The molecule has 0 spiro atoms. The van der Waals surface area contributed by atoms with E-state index in [1.807, 2.05) is 30.3 Å². The van der Waals surface area contributed by atoms with Gasteiger partial charge < -0.3 is 10.2 Å². The lowest BCUT2D eigenvalue weighted by Gasteiger charge is -2.34. The van der Waals surface area contributed by atoms with Crippen LogP contribution in [0.1, 0.15) is 0 Å². The number of carbonyl (C=O) groups is 1. The molecule has 1 fully saturated rings. The first-order valence-electron chi connectivity index (χ1n) is 9.34. The summed E-state index contributed by atoms with van der Waals surface area (Å²) >= 11 is 0. The van der Waals surface area contributed by atoms with Gasteiger partial charge in [0.15, 0.2) is 5.82 Å². The van der Waals surface area contributed by atoms with E-state index in [0.29, 0.717) is 11.5 Å². The van der Waals surface area contributed by atoms with Crippen LogP contribution in [0.15, 0.2) is 60.9 Å². The van der Waals surface area contributed by atoms with Gasteiger partial charge in [-0.1, -0.05) is 30.3 Å². The van der Waals surface area contributed by atoms with Crippen molar-refractivity contribution in [2.24, 2.45) is 0 Å². The van der Waals surface area contributed by atoms with Crippen molar-refractivity contribution >= 4 is 17.5 Å². The Morgan fingerprint density at radius 3 is 2.67 bits per heavy atom. The number of likely N-dealkylation sites (tertiary alicyclic amines) is 1. The lowest BCUT2D eigenvalue weighted by molar-refractivity contribution is 0.0974. The molecule has 30 heavy (non-hydrogen) atoms. The third kappa shape index (κ3) is 3.34. The van der Waals surface area contributed by atoms with Gasteiger partial charge in [-0.25, -0.2) is 23.1 Å². The molecule has 0 unspecified atom stereocenters. The van der Waals surface area contributed by atoms with E-state index < -0.39 is 18.0 Å². The van der Waals surface area contributed by atoms with Crippen LogP contribution in [0, 0.1) is 5.82 Å². The summed E-state index contributed by atoms with van der Waals surface area (Å²) in [7, 11) is 0. The first-order valence-corrected chi connectivity index (χ1v) is 9.34. The topological polar surface area (TPSA) is 75.4 Å². The van der Waals surface area contributed by atoms with E-state index >= 15 is 0 Å². The van der Waals surface area contributed by atoms with Crippen molar-refractivity contribution in [3.05, 3.63) is 66.7 Å². The largest absolute Gasteiger partial charge is 0.322 e. The zero-order chi connectivity index (χ0) is 20.7. The quantitative estimate of drug-likeness (QED) is 0.562. The number of nitrogens with one attached hydrogen (secondary N) is 1. The van der Waals surface area contributed by atoms with Gasteiger partial charge in [-0.05, 0) is 23.8 Å². The van der Waals surface area contributed by atoms with Gasteiger partial charge in [-0.15, -0.1) is 5.10 Å². The van der Waals surface area contributed by atoms with E-state index in [0.717, 1.165) is 11.1 Å². The van der Waals surface area contributed by atoms with Crippen LogP contribution >= 0.6 is 0 Å². The minimum atomic E-state index is -0.991. The van der Waals surface area contributed by atoms with Crippen LogP contribution in [0.4, 0.5) is 19.3 Å².